The van der Waals surface area contributed by atoms with Crippen LogP contribution in [-0.4, -0.2) is 18.0 Å². The van der Waals surface area contributed by atoms with Gasteiger partial charge in [-0.25, -0.2) is 0 Å². The van der Waals surface area contributed by atoms with Crippen LogP contribution in [0.2, 0.25) is 0 Å². The lowest BCUT2D eigenvalue weighted by Gasteiger charge is -2.15. The zero-order chi connectivity index (χ0) is 12.3. The Labute approximate surface area is 101 Å². The Bertz CT molecular complexity index is 439. The first kappa shape index (κ1) is 11.5. The number of hydrogen-bond donors (Lipinski definition) is 2. The van der Waals surface area contributed by atoms with Gasteiger partial charge >= 0.3 is 0 Å². The van der Waals surface area contributed by atoms with Gasteiger partial charge in [0.1, 0.15) is 6.04 Å². The van der Waals surface area contributed by atoms with E-state index in [-0.39, 0.29) is 18.0 Å². The van der Waals surface area contributed by atoms with Crippen molar-refractivity contribution in [1.29, 1.82) is 5.26 Å². The van der Waals surface area contributed by atoms with Crippen molar-refractivity contribution in [2.24, 2.45) is 0 Å². The summed E-state index contributed by atoms with van der Waals surface area (Å²) in [6.07, 6.45) is 1.05. The zero-order valence-electron chi connectivity index (χ0n) is 9.73. The topological polar surface area (TPSA) is 64.9 Å². The molecule has 1 aromatic rings. The van der Waals surface area contributed by atoms with Gasteiger partial charge in [-0.1, -0.05) is 18.2 Å². The highest BCUT2D eigenvalue weighted by molar-refractivity contribution is 5.87. The number of carbonyl (C=O) groups excluding carboxylic acids is 1. The van der Waals surface area contributed by atoms with Gasteiger partial charge in [-0.05, 0) is 18.6 Å². The second kappa shape index (κ2) is 4.88. The Kier molecular flexibility index (Phi) is 3.29. The van der Waals surface area contributed by atoms with Crippen molar-refractivity contribution in [3.8, 4) is 6.07 Å². The summed E-state index contributed by atoms with van der Waals surface area (Å²) >= 11 is 0. The van der Waals surface area contributed by atoms with Crippen LogP contribution in [0.25, 0.3) is 0 Å². The Balaban J connectivity index is 1.95. The first-order chi connectivity index (χ1) is 8.20. The highest BCUT2D eigenvalue weighted by Crippen LogP contribution is 2.25. The van der Waals surface area contributed by atoms with Crippen LogP contribution in [0.1, 0.15) is 18.9 Å². The van der Waals surface area contributed by atoms with Crippen molar-refractivity contribution in [2.75, 3.05) is 5.32 Å². The zero-order valence-corrected chi connectivity index (χ0v) is 9.73. The molecule has 1 aromatic carbocycles. The van der Waals surface area contributed by atoms with Crippen molar-refractivity contribution in [2.45, 2.75) is 31.8 Å². The number of carbonyl (C=O) groups is 1. The lowest BCUT2D eigenvalue weighted by molar-refractivity contribution is -0.122. The Morgan fingerprint density at radius 3 is 3.12 bits per heavy atom. The summed E-state index contributed by atoms with van der Waals surface area (Å²) in [5.41, 5.74) is 2.20. The van der Waals surface area contributed by atoms with Gasteiger partial charge in [-0.3, -0.25) is 4.79 Å². The maximum absolute atomic E-state index is 11.9. The molecular weight excluding hydrogens is 214 g/mol. The van der Waals surface area contributed by atoms with Crippen LogP contribution < -0.4 is 10.6 Å². The molecule has 1 aliphatic rings. The fraction of sp³-hybridized carbons (Fsp3) is 0.385. The lowest BCUT2D eigenvalue weighted by Crippen LogP contribution is -2.42. The molecule has 17 heavy (non-hydrogen) atoms. The third kappa shape index (κ3) is 2.56. The maximum atomic E-state index is 11.9. The van der Waals surface area contributed by atoms with Crippen LogP contribution >= 0.6 is 0 Å². The van der Waals surface area contributed by atoms with Crippen LogP contribution in [0.4, 0.5) is 5.69 Å². The average Bonchev–Trinajstić information content (AvgIpc) is 2.72. The Morgan fingerprint density at radius 2 is 2.41 bits per heavy atom. The van der Waals surface area contributed by atoms with E-state index in [4.69, 9.17) is 5.26 Å². The molecule has 0 fully saturated rings. The minimum Gasteiger partial charge on any atom is -0.373 e. The van der Waals surface area contributed by atoms with Gasteiger partial charge in [0, 0.05) is 18.2 Å². The van der Waals surface area contributed by atoms with Crippen molar-refractivity contribution < 1.29 is 4.79 Å². The van der Waals surface area contributed by atoms with Gasteiger partial charge in [-0.15, -0.1) is 0 Å². The third-order valence-corrected chi connectivity index (χ3v) is 2.87. The summed E-state index contributed by atoms with van der Waals surface area (Å²) in [6, 6.07) is 9.65. The third-order valence-electron chi connectivity index (χ3n) is 2.87. The van der Waals surface area contributed by atoms with Crippen molar-refractivity contribution in [3.05, 3.63) is 29.8 Å². The number of nitrogens with zero attached hydrogens (tertiary/aromatic N) is 1. The molecule has 2 N–H and O–H groups in total. The molecule has 0 aliphatic carbocycles. The molecule has 1 amide bonds. The number of hydrogen-bond acceptors (Lipinski definition) is 3. The van der Waals surface area contributed by atoms with Gasteiger partial charge in [0.2, 0.25) is 5.91 Å². The second-order valence-corrected chi connectivity index (χ2v) is 4.33. The highest BCUT2D eigenvalue weighted by Gasteiger charge is 2.26. The van der Waals surface area contributed by atoms with Gasteiger partial charge in [0.25, 0.3) is 0 Å². The maximum Gasteiger partial charge on any atom is 0.243 e. The number of nitrogens with one attached hydrogen (secondary N) is 2. The van der Waals surface area contributed by atoms with Gasteiger partial charge in [0.05, 0.1) is 12.5 Å². The summed E-state index contributed by atoms with van der Waals surface area (Å²) in [7, 11) is 0. The molecule has 4 heteroatoms. The molecule has 4 nitrogen and oxygen atoms in total. The summed E-state index contributed by atoms with van der Waals surface area (Å²) in [5, 5.41) is 14.6. The van der Waals surface area contributed by atoms with E-state index in [1.807, 2.05) is 37.3 Å². The Morgan fingerprint density at radius 1 is 1.65 bits per heavy atom. The molecule has 0 bridgehead atoms. The van der Waals surface area contributed by atoms with Gasteiger partial charge in [-0.2, -0.15) is 5.26 Å². The van der Waals surface area contributed by atoms with Gasteiger partial charge in [0.15, 0.2) is 0 Å². The first-order valence-electron chi connectivity index (χ1n) is 5.72. The minimum absolute atomic E-state index is 0.0380. The van der Waals surface area contributed by atoms with Crippen LogP contribution in [-0.2, 0) is 11.2 Å². The fourth-order valence-corrected chi connectivity index (χ4v) is 1.99. The molecule has 88 valence electrons. The highest BCUT2D eigenvalue weighted by atomic mass is 16.2. The summed E-state index contributed by atoms with van der Waals surface area (Å²) in [5.74, 6) is -0.0380. The molecule has 2 rings (SSSR count). The fourth-order valence-electron chi connectivity index (χ4n) is 1.99. The molecule has 0 aromatic heterocycles. The van der Waals surface area contributed by atoms with E-state index in [0.717, 1.165) is 5.69 Å². The first-order valence-corrected chi connectivity index (χ1v) is 5.72. The standard InChI is InChI=1S/C13H15N3O/c1-9(6-7-14)15-13(17)12-8-10-4-2-3-5-11(10)16-12/h2-5,9,12,16H,6,8H2,1H3,(H,15,17)/t9?,12-/m0/s1. The van der Waals surface area contributed by atoms with Gasteiger partial charge < -0.3 is 10.6 Å². The molecule has 0 saturated heterocycles. The summed E-state index contributed by atoms with van der Waals surface area (Å²) in [6.45, 7) is 1.84. The molecule has 0 radical (unpaired) electrons. The van der Waals surface area contributed by atoms with E-state index in [2.05, 4.69) is 10.6 Å². The number of fused-ring (bicyclic) bond motifs is 1. The van der Waals surface area contributed by atoms with E-state index in [0.29, 0.717) is 12.8 Å². The number of para-hydroxylation sites is 1. The predicted octanol–water partition coefficient (Wildman–Crippen LogP) is 1.44. The van der Waals surface area contributed by atoms with E-state index >= 15 is 0 Å². The van der Waals surface area contributed by atoms with Crippen LogP contribution in [0.3, 0.4) is 0 Å². The Hall–Kier alpha value is -2.02. The molecule has 0 saturated carbocycles. The average molecular weight is 229 g/mol. The molecule has 0 spiro atoms. The number of nitriles is 1. The SMILES string of the molecule is CC(CC#N)NC(=O)[C@@H]1Cc2ccccc2N1. The number of benzene rings is 1. The molecular formula is C13H15N3O. The quantitative estimate of drug-likeness (QED) is 0.824. The molecule has 1 heterocycles. The molecule has 2 atom stereocenters. The normalized spacial score (nSPS) is 18.7. The number of amides is 1. The van der Waals surface area contributed by atoms with Crippen LogP contribution in [0, 0.1) is 11.3 Å². The smallest absolute Gasteiger partial charge is 0.243 e. The van der Waals surface area contributed by atoms with E-state index in [1.54, 1.807) is 0 Å². The number of rotatable bonds is 3. The molecule has 1 unspecified atom stereocenters. The number of anilines is 1. The summed E-state index contributed by atoms with van der Waals surface area (Å²) < 4.78 is 0. The van der Waals surface area contributed by atoms with E-state index in [9.17, 15) is 4.79 Å². The predicted molar refractivity (Wildman–Crippen MR) is 65.4 cm³/mol. The molecule has 1 aliphatic heterocycles. The van der Waals surface area contributed by atoms with E-state index < -0.39 is 0 Å². The van der Waals surface area contributed by atoms with Crippen LogP contribution in [0.15, 0.2) is 24.3 Å². The lowest BCUT2D eigenvalue weighted by atomic mass is 10.1. The van der Waals surface area contributed by atoms with Crippen molar-refractivity contribution in [1.82, 2.24) is 5.32 Å². The van der Waals surface area contributed by atoms with Crippen molar-refractivity contribution in [3.63, 3.8) is 0 Å². The monoisotopic (exact) mass is 229 g/mol. The minimum atomic E-state index is -0.214. The van der Waals surface area contributed by atoms with E-state index in [1.165, 1.54) is 5.56 Å². The largest absolute Gasteiger partial charge is 0.373 e. The van der Waals surface area contributed by atoms with Crippen LogP contribution in [0.5, 0.6) is 0 Å². The summed E-state index contributed by atoms with van der Waals surface area (Å²) in [4.78, 5) is 11.9. The van der Waals surface area contributed by atoms with Crippen molar-refractivity contribution >= 4 is 11.6 Å². The second-order valence-electron chi connectivity index (χ2n) is 4.33.